The van der Waals surface area contributed by atoms with Crippen LogP contribution in [0.3, 0.4) is 0 Å². The first kappa shape index (κ1) is 22.6. The molecule has 0 unspecified atom stereocenters. The number of carbonyl (C=O) groups excluding carboxylic acids is 1. The molecule has 0 atom stereocenters. The molecule has 0 spiro atoms. The first-order valence-electron chi connectivity index (χ1n) is 9.93. The van der Waals surface area contributed by atoms with Gasteiger partial charge in [-0.25, -0.2) is 14.2 Å². The minimum atomic E-state index is -0.661. The Labute approximate surface area is 197 Å². The number of hydrogen-bond donors (Lipinski definition) is 2. The van der Waals surface area contributed by atoms with E-state index in [1.54, 1.807) is 25.4 Å². The molecule has 0 radical (unpaired) electrons. The maximum absolute atomic E-state index is 13.2. The highest BCUT2D eigenvalue weighted by Gasteiger charge is 2.17. The van der Waals surface area contributed by atoms with Gasteiger partial charge in [-0.1, -0.05) is 34.1 Å². The molecule has 0 aliphatic rings. The van der Waals surface area contributed by atoms with E-state index in [2.05, 4.69) is 41.5 Å². The zero-order chi connectivity index (χ0) is 23.2. The van der Waals surface area contributed by atoms with E-state index in [1.165, 1.54) is 12.1 Å². The second-order valence-electron chi connectivity index (χ2n) is 6.87. The fourth-order valence-electron chi connectivity index (χ4n) is 3.00. The van der Waals surface area contributed by atoms with Gasteiger partial charge in [0.15, 0.2) is 5.65 Å². The molecule has 2 aromatic heterocycles. The van der Waals surface area contributed by atoms with Crippen LogP contribution in [0.1, 0.15) is 0 Å². The van der Waals surface area contributed by atoms with Crippen molar-refractivity contribution in [2.75, 3.05) is 25.6 Å². The van der Waals surface area contributed by atoms with Crippen LogP contribution in [0.4, 0.5) is 20.8 Å². The van der Waals surface area contributed by atoms with Crippen LogP contribution in [0.15, 0.2) is 65.3 Å². The van der Waals surface area contributed by atoms with Crippen molar-refractivity contribution in [3.05, 3.63) is 71.1 Å². The van der Waals surface area contributed by atoms with Crippen molar-refractivity contribution in [2.24, 2.45) is 0 Å². The largest absolute Gasteiger partial charge is 0.414 e. The second-order valence-corrected chi connectivity index (χ2v) is 7.72. The molecule has 4 rings (SSSR count). The topological polar surface area (TPSA) is 98.3 Å². The summed E-state index contributed by atoms with van der Waals surface area (Å²) in [5.74, 6) is 0.0216. The van der Waals surface area contributed by atoms with Gasteiger partial charge in [0.25, 0.3) is 0 Å². The first-order valence-corrected chi connectivity index (χ1v) is 10.7. The first-order chi connectivity index (χ1) is 16.0. The number of nitrogens with zero attached hydrogens (tertiary/aromatic N) is 3. The fraction of sp³-hybridized carbons (Fsp3) is 0.130. The summed E-state index contributed by atoms with van der Waals surface area (Å²) in [6.45, 7) is 0.643. The summed E-state index contributed by atoms with van der Waals surface area (Å²) < 4.78 is 24.4. The van der Waals surface area contributed by atoms with Crippen molar-refractivity contribution in [1.82, 2.24) is 20.3 Å². The van der Waals surface area contributed by atoms with E-state index in [4.69, 9.17) is 9.47 Å². The molecule has 2 heterocycles. The number of ether oxygens (including phenoxy) is 2. The molecule has 0 fully saturated rings. The third kappa shape index (κ3) is 5.60. The highest BCUT2D eigenvalue weighted by Crippen LogP contribution is 2.36. The molecular formula is C23H19BrFN5O3. The number of nitrogens with one attached hydrogen (secondary N) is 2. The third-order valence-corrected chi connectivity index (χ3v) is 5.25. The summed E-state index contributed by atoms with van der Waals surface area (Å²) >= 11 is 3.53. The van der Waals surface area contributed by atoms with Crippen molar-refractivity contribution in [3.63, 3.8) is 0 Å². The average molecular weight is 512 g/mol. The quantitative estimate of drug-likeness (QED) is 0.334. The van der Waals surface area contributed by atoms with E-state index < -0.39 is 6.09 Å². The van der Waals surface area contributed by atoms with Crippen molar-refractivity contribution in [2.45, 2.75) is 0 Å². The van der Waals surface area contributed by atoms with Gasteiger partial charge in [0.05, 0.1) is 6.61 Å². The molecule has 4 aromatic rings. The zero-order valence-electron chi connectivity index (χ0n) is 17.5. The van der Waals surface area contributed by atoms with E-state index in [1.807, 2.05) is 30.3 Å². The van der Waals surface area contributed by atoms with E-state index in [-0.39, 0.29) is 17.6 Å². The molecule has 2 N–H and O–H groups in total. The van der Waals surface area contributed by atoms with Gasteiger partial charge in [0.1, 0.15) is 5.82 Å². The summed E-state index contributed by atoms with van der Waals surface area (Å²) in [6, 6.07) is 15.1. The normalized spacial score (nSPS) is 10.8. The van der Waals surface area contributed by atoms with Crippen LogP contribution < -0.4 is 15.4 Å². The van der Waals surface area contributed by atoms with Crippen LogP contribution in [0.2, 0.25) is 0 Å². The lowest BCUT2D eigenvalue weighted by Gasteiger charge is -2.13. The Morgan fingerprint density at radius 2 is 1.88 bits per heavy atom. The highest BCUT2D eigenvalue weighted by atomic mass is 79.9. The monoisotopic (exact) mass is 511 g/mol. The Morgan fingerprint density at radius 3 is 2.64 bits per heavy atom. The molecule has 33 heavy (non-hydrogen) atoms. The lowest BCUT2D eigenvalue weighted by atomic mass is 10.1. The van der Waals surface area contributed by atoms with Crippen LogP contribution in [-0.4, -0.2) is 41.3 Å². The average Bonchev–Trinajstić information content (AvgIpc) is 2.81. The maximum atomic E-state index is 13.2. The molecule has 168 valence electrons. The van der Waals surface area contributed by atoms with Crippen molar-refractivity contribution in [1.29, 1.82) is 0 Å². The zero-order valence-corrected chi connectivity index (χ0v) is 19.1. The molecule has 8 nitrogen and oxygen atoms in total. The smallest absolute Gasteiger partial charge is 0.391 e. The maximum Gasteiger partial charge on any atom is 0.414 e. The predicted molar refractivity (Wildman–Crippen MR) is 126 cm³/mol. The van der Waals surface area contributed by atoms with E-state index >= 15 is 0 Å². The van der Waals surface area contributed by atoms with E-state index in [0.29, 0.717) is 35.4 Å². The van der Waals surface area contributed by atoms with Crippen LogP contribution in [0.25, 0.3) is 22.2 Å². The van der Waals surface area contributed by atoms with E-state index in [0.717, 1.165) is 10.0 Å². The van der Waals surface area contributed by atoms with Crippen molar-refractivity contribution >= 4 is 44.7 Å². The number of benzene rings is 2. The third-order valence-electron chi connectivity index (χ3n) is 4.56. The Hall–Kier alpha value is -3.63. The number of rotatable bonds is 7. The predicted octanol–water partition coefficient (Wildman–Crippen LogP) is 5.07. The number of halogens is 2. The van der Waals surface area contributed by atoms with Crippen molar-refractivity contribution in [3.8, 4) is 17.0 Å². The highest BCUT2D eigenvalue weighted by molar-refractivity contribution is 9.10. The minimum absolute atomic E-state index is 0.0933. The summed E-state index contributed by atoms with van der Waals surface area (Å²) in [4.78, 5) is 25.5. The number of hydrogen-bond acceptors (Lipinski definition) is 7. The number of aromatic nitrogens is 3. The van der Waals surface area contributed by atoms with Gasteiger partial charge < -0.3 is 20.1 Å². The molecule has 2 aromatic carbocycles. The lowest BCUT2D eigenvalue weighted by Crippen LogP contribution is -2.30. The lowest BCUT2D eigenvalue weighted by molar-refractivity contribution is 0.179. The van der Waals surface area contributed by atoms with E-state index in [9.17, 15) is 9.18 Å². The summed E-state index contributed by atoms with van der Waals surface area (Å²) in [6.07, 6.45) is 0.954. The van der Waals surface area contributed by atoms with Crippen molar-refractivity contribution < 1.29 is 18.7 Å². The molecule has 0 saturated heterocycles. The minimum Gasteiger partial charge on any atom is -0.391 e. The Kier molecular flexibility index (Phi) is 7.06. The molecule has 1 amide bonds. The van der Waals surface area contributed by atoms with Crippen LogP contribution in [-0.2, 0) is 4.74 Å². The van der Waals surface area contributed by atoms with Gasteiger partial charge in [0, 0.05) is 46.5 Å². The van der Waals surface area contributed by atoms with Crippen LogP contribution in [0.5, 0.6) is 5.88 Å². The number of pyridine rings is 1. The molecular weight excluding hydrogens is 493 g/mol. The SMILES string of the molecule is COCCNC(=O)Oc1nc2nc(Nc3ccc(F)cc3)ncc2cc1-c1ccccc1Br. The van der Waals surface area contributed by atoms with Gasteiger partial charge in [-0.2, -0.15) is 9.97 Å². The van der Waals surface area contributed by atoms with Crippen LogP contribution >= 0.6 is 15.9 Å². The van der Waals surface area contributed by atoms with Gasteiger partial charge in [-0.15, -0.1) is 0 Å². The Bertz CT molecular complexity index is 1290. The molecule has 0 saturated carbocycles. The van der Waals surface area contributed by atoms with Gasteiger partial charge in [-0.05, 0) is 36.4 Å². The molecule has 0 bridgehead atoms. The second kappa shape index (κ2) is 10.3. The number of amides is 1. The Morgan fingerprint density at radius 1 is 1.09 bits per heavy atom. The summed E-state index contributed by atoms with van der Waals surface area (Å²) in [5, 5.41) is 6.26. The van der Waals surface area contributed by atoms with Crippen LogP contribution in [0, 0.1) is 5.82 Å². The summed E-state index contributed by atoms with van der Waals surface area (Å²) in [5.41, 5.74) is 2.33. The number of anilines is 2. The van der Waals surface area contributed by atoms with Gasteiger partial charge in [-0.3, -0.25) is 0 Å². The number of methoxy groups -OCH3 is 1. The molecule has 0 aliphatic carbocycles. The fourth-order valence-corrected chi connectivity index (χ4v) is 3.50. The van der Waals surface area contributed by atoms with Gasteiger partial charge >= 0.3 is 6.09 Å². The number of carbonyl (C=O) groups is 1. The standard InChI is InChI=1S/C23H19BrFN5O3/c1-32-11-10-26-23(31)33-21-18(17-4-2-3-5-19(17)24)12-14-13-27-22(30-20(14)29-21)28-16-8-6-15(25)7-9-16/h2-9,12-13H,10-11H2,1H3,(H,26,31)(H,27,28,29,30). The molecule has 0 aliphatic heterocycles. The number of fused-ring (bicyclic) bond motifs is 1. The molecule has 10 heteroatoms. The Balaban J connectivity index is 1.71. The van der Waals surface area contributed by atoms with Gasteiger partial charge in [0.2, 0.25) is 11.8 Å². The summed E-state index contributed by atoms with van der Waals surface area (Å²) in [7, 11) is 1.54.